The van der Waals surface area contributed by atoms with E-state index in [4.69, 9.17) is 4.42 Å². The molecule has 0 saturated heterocycles. The van der Waals surface area contributed by atoms with Crippen molar-refractivity contribution in [3.8, 4) is 22.9 Å². The Morgan fingerprint density at radius 1 is 0.895 bits per heavy atom. The first-order valence-corrected chi connectivity index (χ1v) is 6.97. The van der Waals surface area contributed by atoms with E-state index in [2.05, 4.69) is 39.7 Å². The van der Waals surface area contributed by atoms with Gasteiger partial charge in [0.15, 0.2) is 0 Å². The third-order valence-electron chi connectivity index (χ3n) is 2.80. The number of rotatable bonds is 2. The zero-order valence-electron chi connectivity index (χ0n) is 10.3. The van der Waals surface area contributed by atoms with Gasteiger partial charge in [0, 0.05) is 14.7 Å². The quantitative estimate of drug-likeness (QED) is 0.638. The van der Waals surface area contributed by atoms with Gasteiger partial charge in [-0.15, -0.1) is 10.2 Å². The molecular formula is C15H11IN2O. The van der Waals surface area contributed by atoms with E-state index in [1.54, 1.807) is 0 Å². The fourth-order valence-corrected chi connectivity index (χ4v) is 2.32. The molecule has 0 saturated carbocycles. The average Bonchev–Trinajstić information content (AvgIpc) is 2.89. The molecule has 19 heavy (non-hydrogen) atoms. The van der Waals surface area contributed by atoms with Crippen LogP contribution in [0.25, 0.3) is 22.9 Å². The monoisotopic (exact) mass is 362 g/mol. The number of aromatic nitrogens is 2. The molecule has 3 aromatic rings. The lowest BCUT2D eigenvalue weighted by Gasteiger charge is -1.96. The van der Waals surface area contributed by atoms with E-state index in [9.17, 15) is 0 Å². The van der Waals surface area contributed by atoms with Crippen molar-refractivity contribution in [2.24, 2.45) is 0 Å². The fraction of sp³-hybridized carbons (Fsp3) is 0.0667. The summed E-state index contributed by atoms with van der Waals surface area (Å²) in [5, 5.41) is 8.21. The second-order valence-electron chi connectivity index (χ2n) is 4.29. The van der Waals surface area contributed by atoms with Crippen LogP contribution in [0.15, 0.2) is 52.9 Å². The van der Waals surface area contributed by atoms with E-state index < -0.39 is 0 Å². The van der Waals surface area contributed by atoms with Crippen LogP contribution < -0.4 is 0 Å². The SMILES string of the molecule is Cc1ccc(-c2nnc(-c3cccc(I)c3)o2)cc1. The average molecular weight is 362 g/mol. The molecule has 3 rings (SSSR count). The van der Waals surface area contributed by atoms with Gasteiger partial charge in [0.05, 0.1) is 0 Å². The lowest BCUT2D eigenvalue weighted by atomic mass is 10.1. The Balaban J connectivity index is 1.97. The van der Waals surface area contributed by atoms with Crippen molar-refractivity contribution in [1.29, 1.82) is 0 Å². The zero-order valence-corrected chi connectivity index (χ0v) is 12.5. The maximum atomic E-state index is 5.73. The van der Waals surface area contributed by atoms with Crippen LogP contribution in [-0.2, 0) is 0 Å². The molecule has 1 heterocycles. The molecule has 0 unspecified atom stereocenters. The van der Waals surface area contributed by atoms with Crippen molar-refractivity contribution >= 4 is 22.6 Å². The van der Waals surface area contributed by atoms with Crippen molar-refractivity contribution in [2.45, 2.75) is 6.92 Å². The van der Waals surface area contributed by atoms with Crippen LogP contribution in [0.5, 0.6) is 0 Å². The molecule has 0 aliphatic heterocycles. The lowest BCUT2D eigenvalue weighted by Crippen LogP contribution is -1.78. The van der Waals surface area contributed by atoms with Crippen LogP contribution in [0.4, 0.5) is 0 Å². The molecule has 94 valence electrons. The van der Waals surface area contributed by atoms with Gasteiger partial charge in [-0.05, 0) is 59.8 Å². The van der Waals surface area contributed by atoms with E-state index in [0.29, 0.717) is 11.8 Å². The zero-order chi connectivity index (χ0) is 13.2. The van der Waals surface area contributed by atoms with Crippen LogP contribution in [0.3, 0.4) is 0 Å². The minimum absolute atomic E-state index is 0.550. The van der Waals surface area contributed by atoms with Crippen LogP contribution >= 0.6 is 22.6 Å². The molecule has 3 nitrogen and oxygen atoms in total. The number of benzene rings is 2. The molecule has 0 bridgehead atoms. The third kappa shape index (κ3) is 2.68. The molecule has 2 aromatic carbocycles. The Morgan fingerprint density at radius 3 is 2.26 bits per heavy atom. The second kappa shape index (κ2) is 5.13. The van der Waals surface area contributed by atoms with Crippen LogP contribution in [0.1, 0.15) is 5.56 Å². The van der Waals surface area contributed by atoms with E-state index in [1.807, 2.05) is 48.5 Å². The Morgan fingerprint density at radius 2 is 1.58 bits per heavy atom. The molecular weight excluding hydrogens is 351 g/mol. The van der Waals surface area contributed by atoms with Gasteiger partial charge in [0.1, 0.15) is 0 Å². The number of nitrogens with zero attached hydrogens (tertiary/aromatic N) is 2. The number of hydrogen-bond acceptors (Lipinski definition) is 3. The summed E-state index contributed by atoms with van der Waals surface area (Å²) < 4.78 is 6.87. The minimum Gasteiger partial charge on any atom is -0.416 e. The summed E-state index contributed by atoms with van der Waals surface area (Å²) in [7, 11) is 0. The van der Waals surface area contributed by atoms with Gasteiger partial charge >= 0.3 is 0 Å². The molecule has 0 atom stereocenters. The van der Waals surface area contributed by atoms with Gasteiger partial charge in [-0.1, -0.05) is 23.8 Å². The highest BCUT2D eigenvalue weighted by molar-refractivity contribution is 14.1. The largest absolute Gasteiger partial charge is 0.416 e. The van der Waals surface area contributed by atoms with Gasteiger partial charge < -0.3 is 4.42 Å². The third-order valence-corrected chi connectivity index (χ3v) is 3.47. The lowest BCUT2D eigenvalue weighted by molar-refractivity contribution is 0.584. The summed E-state index contributed by atoms with van der Waals surface area (Å²) in [6.07, 6.45) is 0. The molecule has 0 radical (unpaired) electrons. The van der Waals surface area contributed by atoms with E-state index in [0.717, 1.165) is 14.7 Å². The van der Waals surface area contributed by atoms with E-state index in [-0.39, 0.29) is 0 Å². The summed E-state index contributed by atoms with van der Waals surface area (Å²) in [5.74, 6) is 1.10. The molecule has 0 fully saturated rings. The highest BCUT2D eigenvalue weighted by Gasteiger charge is 2.10. The predicted octanol–water partition coefficient (Wildman–Crippen LogP) is 4.32. The maximum absolute atomic E-state index is 5.73. The molecule has 0 aliphatic rings. The maximum Gasteiger partial charge on any atom is 0.248 e. The fourth-order valence-electron chi connectivity index (χ4n) is 1.77. The number of halogens is 1. The van der Waals surface area contributed by atoms with Crippen molar-refractivity contribution in [3.05, 3.63) is 57.7 Å². The van der Waals surface area contributed by atoms with E-state index >= 15 is 0 Å². The number of aryl methyl sites for hydroxylation is 1. The van der Waals surface area contributed by atoms with Crippen molar-refractivity contribution in [3.63, 3.8) is 0 Å². The Labute approximate surface area is 124 Å². The molecule has 0 spiro atoms. The first-order valence-electron chi connectivity index (χ1n) is 5.89. The number of hydrogen-bond donors (Lipinski definition) is 0. The Bertz CT molecular complexity index is 704. The summed E-state index contributed by atoms with van der Waals surface area (Å²) in [6.45, 7) is 2.05. The first kappa shape index (κ1) is 12.3. The van der Waals surface area contributed by atoms with Crippen molar-refractivity contribution < 1.29 is 4.42 Å². The van der Waals surface area contributed by atoms with Crippen molar-refractivity contribution in [1.82, 2.24) is 10.2 Å². The normalized spacial score (nSPS) is 10.6. The van der Waals surface area contributed by atoms with Gasteiger partial charge in [0.25, 0.3) is 0 Å². The predicted molar refractivity (Wildman–Crippen MR) is 82.6 cm³/mol. The summed E-state index contributed by atoms with van der Waals surface area (Å²) in [5.41, 5.74) is 3.09. The van der Waals surface area contributed by atoms with Crippen LogP contribution in [0.2, 0.25) is 0 Å². The van der Waals surface area contributed by atoms with Gasteiger partial charge in [-0.2, -0.15) is 0 Å². The van der Waals surface area contributed by atoms with Crippen molar-refractivity contribution in [2.75, 3.05) is 0 Å². The Hall–Kier alpha value is -1.69. The molecule has 4 heteroatoms. The second-order valence-corrected chi connectivity index (χ2v) is 5.53. The first-order chi connectivity index (χ1) is 9.22. The van der Waals surface area contributed by atoms with Crippen LogP contribution in [0, 0.1) is 10.5 Å². The Kier molecular flexibility index (Phi) is 3.33. The smallest absolute Gasteiger partial charge is 0.248 e. The standard InChI is InChI=1S/C15H11IN2O/c1-10-5-7-11(8-6-10)14-17-18-15(19-14)12-3-2-4-13(16)9-12/h2-9H,1H3. The minimum atomic E-state index is 0.550. The van der Waals surface area contributed by atoms with Gasteiger partial charge in [0.2, 0.25) is 11.8 Å². The molecule has 0 aliphatic carbocycles. The molecule has 0 amide bonds. The van der Waals surface area contributed by atoms with Gasteiger partial charge in [-0.25, -0.2) is 0 Å². The van der Waals surface area contributed by atoms with Gasteiger partial charge in [-0.3, -0.25) is 0 Å². The van der Waals surface area contributed by atoms with Crippen LogP contribution in [-0.4, -0.2) is 10.2 Å². The van der Waals surface area contributed by atoms with E-state index in [1.165, 1.54) is 5.56 Å². The highest BCUT2D eigenvalue weighted by Crippen LogP contribution is 2.24. The summed E-state index contributed by atoms with van der Waals surface area (Å²) >= 11 is 2.26. The summed E-state index contributed by atoms with van der Waals surface area (Å²) in [4.78, 5) is 0. The topological polar surface area (TPSA) is 38.9 Å². The summed E-state index contributed by atoms with van der Waals surface area (Å²) in [6, 6.07) is 16.0. The highest BCUT2D eigenvalue weighted by atomic mass is 127. The molecule has 0 N–H and O–H groups in total. The molecule has 1 aromatic heterocycles.